The first-order valence-corrected chi connectivity index (χ1v) is 8.83. The summed E-state index contributed by atoms with van der Waals surface area (Å²) in [4.78, 5) is 5.20. The smallest absolute Gasteiger partial charge is 0.0593 e. The zero-order valence-electron chi connectivity index (χ0n) is 13.9. The molecule has 0 unspecified atom stereocenters. The summed E-state index contributed by atoms with van der Waals surface area (Å²) >= 11 is 1.91. The predicted octanol–water partition coefficient (Wildman–Crippen LogP) is 3.49. The van der Waals surface area contributed by atoms with Crippen LogP contribution in [0, 0.1) is 5.92 Å². The van der Waals surface area contributed by atoms with Crippen LogP contribution in [0.4, 0.5) is 0 Å². The number of nitrogens with zero attached hydrogens (tertiary/aromatic N) is 1. The van der Waals surface area contributed by atoms with Crippen molar-refractivity contribution in [1.82, 2.24) is 10.2 Å². The van der Waals surface area contributed by atoms with E-state index in [1.165, 1.54) is 22.6 Å². The summed E-state index contributed by atoms with van der Waals surface area (Å²) < 4.78 is 5.70. The Labute approximate surface area is 133 Å². The lowest BCUT2D eigenvalue weighted by Crippen LogP contribution is -2.34. The van der Waals surface area contributed by atoms with E-state index in [-0.39, 0.29) is 5.54 Å². The molecule has 1 heterocycles. The van der Waals surface area contributed by atoms with Crippen molar-refractivity contribution in [3.05, 3.63) is 21.9 Å². The summed E-state index contributed by atoms with van der Waals surface area (Å²) in [5.41, 5.74) is 0.180. The van der Waals surface area contributed by atoms with Gasteiger partial charge in [-0.2, -0.15) is 0 Å². The molecule has 0 atom stereocenters. The number of hydrogen-bond donors (Lipinski definition) is 1. The summed E-state index contributed by atoms with van der Waals surface area (Å²) in [6, 6.07) is 4.50. The minimum atomic E-state index is 0.180. The second-order valence-electron chi connectivity index (χ2n) is 7.23. The van der Waals surface area contributed by atoms with E-state index in [9.17, 15) is 0 Å². The molecule has 0 radical (unpaired) electrons. The minimum absolute atomic E-state index is 0.180. The van der Waals surface area contributed by atoms with Crippen LogP contribution in [0.15, 0.2) is 12.1 Å². The van der Waals surface area contributed by atoms with Crippen molar-refractivity contribution < 1.29 is 4.74 Å². The van der Waals surface area contributed by atoms with Gasteiger partial charge >= 0.3 is 0 Å². The van der Waals surface area contributed by atoms with Crippen molar-refractivity contribution in [3.63, 3.8) is 0 Å². The summed E-state index contributed by atoms with van der Waals surface area (Å²) in [5, 5.41) is 3.54. The lowest BCUT2D eigenvalue weighted by Gasteiger charge is -2.19. The van der Waals surface area contributed by atoms with E-state index >= 15 is 0 Å². The van der Waals surface area contributed by atoms with E-state index in [2.05, 4.69) is 50.2 Å². The molecule has 1 aromatic rings. The van der Waals surface area contributed by atoms with Gasteiger partial charge in [0.1, 0.15) is 0 Å². The van der Waals surface area contributed by atoms with Gasteiger partial charge in [-0.15, -0.1) is 11.3 Å². The zero-order chi connectivity index (χ0) is 15.3. The highest BCUT2D eigenvalue weighted by molar-refractivity contribution is 7.11. The Morgan fingerprint density at radius 1 is 1.29 bits per heavy atom. The fourth-order valence-corrected chi connectivity index (χ4v) is 3.09. The molecule has 0 amide bonds. The first-order valence-electron chi connectivity index (χ1n) is 8.01. The predicted molar refractivity (Wildman–Crippen MR) is 90.8 cm³/mol. The standard InChI is InChI=1S/C17H30N2OS/c1-17(2,3)18-11-15-7-8-16(21-15)12-19(4)9-10-20-13-14-5-6-14/h7-8,14,18H,5-6,9-13H2,1-4H3. The normalized spacial score (nSPS) is 15.9. The van der Waals surface area contributed by atoms with Crippen LogP contribution in [0.1, 0.15) is 43.4 Å². The van der Waals surface area contributed by atoms with Crippen LogP contribution < -0.4 is 5.32 Å². The molecule has 3 nitrogen and oxygen atoms in total. The van der Waals surface area contributed by atoms with Gasteiger partial charge in [-0.25, -0.2) is 0 Å². The molecule has 1 saturated carbocycles. The molecular formula is C17H30N2OS. The Balaban J connectivity index is 1.63. The van der Waals surface area contributed by atoms with Crippen LogP contribution in [-0.4, -0.2) is 37.2 Å². The minimum Gasteiger partial charge on any atom is -0.380 e. The van der Waals surface area contributed by atoms with Crippen molar-refractivity contribution in [2.75, 3.05) is 26.8 Å². The Morgan fingerprint density at radius 2 is 2.00 bits per heavy atom. The number of thiophene rings is 1. The molecule has 21 heavy (non-hydrogen) atoms. The summed E-state index contributed by atoms with van der Waals surface area (Å²) in [6.45, 7) is 11.4. The van der Waals surface area contributed by atoms with Crippen molar-refractivity contribution in [3.8, 4) is 0 Å². The van der Waals surface area contributed by atoms with Gasteiger partial charge in [-0.3, -0.25) is 4.90 Å². The fourth-order valence-electron chi connectivity index (χ4n) is 2.05. The van der Waals surface area contributed by atoms with E-state index < -0.39 is 0 Å². The van der Waals surface area contributed by atoms with E-state index in [4.69, 9.17) is 4.74 Å². The van der Waals surface area contributed by atoms with Crippen LogP contribution in [-0.2, 0) is 17.8 Å². The van der Waals surface area contributed by atoms with E-state index in [0.29, 0.717) is 0 Å². The number of likely N-dealkylation sites (N-methyl/N-ethyl adjacent to an activating group) is 1. The molecule has 0 bridgehead atoms. The quantitative estimate of drug-likeness (QED) is 0.707. The molecule has 1 N–H and O–H groups in total. The van der Waals surface area contributed by atoms with Gasteiger partial charge < -0.3 is 10.1 Å². The summed E-state index contributed by atoms with van der Waals surface area (Å²) in [6.07, 6.45) is 2.74. The molecule has 1 aliphatic carbocycles. The van der Waals surface area contributed by atoms with Crippen molar-refractivity contribution in [2.45, 2.75) is 52.2 Å². The SMILES string of the molecule is CN(CCOCC1CC1)Cc1ccc(CNC(C)(C)C)s1. The van der Waals surface area contributed by atoms with Crippen LogP contribution in [0.25, 0.3) is 0 Å². The van der Waals surface area contributed by atoms with E-state index in [1.54, 1.807) is 0 Å². The molecule has 0 spiro atoms. The monoisotopic (exact) mass is 310 g/mol. The second-order valence-corrected chi connectivity index (χ2v) is 8.48. The third-order valence-electron chi connectivity index (χ3n) is 3.60. The highest BCUT2D eigenvalue weighted by atomic mass is 32.1. The third kappa shape index (κ3) is 7.41. The number of ether oxygens (including phenoxy) is 1. The van der Waals surface area contributed by atoms with Gasteiger partial charge in [-0.05, 0) is 58.7 Å². The fraction of sp³-hybridized carbons (Fsp3) is 0.765. The molecular weight excluding hydrogens is 280 g/mol. The average Bonchev–Trinajstić information content (AvgIpc) is 3.11. The first kappa shape index (κ1) is 16.9. The summed E-state index contributed by atoms with van der Waals surface area (Å²) in [7, 11) is 2.17. The first-order chi connectivity index (χ1) is 9.92. The molecule has 1 fully saturated rings. The van der Waals surface area contributed by atoms with Crippen LogP contribution >= 0.6 is 11.3 Å². The van der Waals surface area contributed by atoms with E-state index in [0.717, 1.165) is 38.8 Å². The second kappa shape index (κ2) is 7.73. The molecule has 120 valence electrons. The maximum Gasteiger partial charge on any atom is 0.0593 e. The number of rotatable bonds is 9. The maximum atomic E-state index is 5.70. The largest absolute Gasteiger partial charge is 0.380 e. The highest BCUT2D eigenvalue weighted by Crippen LogP contribution is 2.28. The van der Waals surface area contributed by atoms with Crippen LogP contribution in [0.2, 0.25) is 0 Å². The van der Waals surface area contributed by atoms with Crippen LogP contribution in [0.3, 0.4) is 0 Å². The van der Waals surface area contributed by atoms with Crippen LogP contribution in [0.5, 0.6) is 0 Å². The van der Waals surface area contributed by atoms with Gasteiger partial charge in [0, 0.05) is 41.5 Å². The number of hydrogen-bond acceptors (Lipinski definition) is 4. The van der Waals surface area contributed by atoms with Gasteiger partial charge in [0.2, 0.25) is 0 Å². The van der Waals surface area contributed by atoms with Gasteiger partial charge in [0.25, 0.3) is 0 Å². The van der Waals surface area contributed by atoms with Crippen molar-refractivity contribution in [2.24, 2.45) is 5.92 Å². The molecule has 0 aliphatic heterocycles. The Hall–Kier alpha value is -0.420. The molecule has 0 saturated heterocycles. The van der Waals surface area contributed by atoms with Gasteiger partial charge in [-0.1, -0.05) is 0 Å². The lowest BCUT2D eigenvalue weighted by atomic mass is 10.1. The highest BCUT2D eigenvalue weighted by Gasteiger charge is 2.20. The molecule has 0 aromatic carbocycles. The summed E-state index contributed by atoms with van der Waals surface area (Å²) in [5.74, 6) is 0.866. The van der Waals surface area contributed by atoms with Crippen molar-refractivity contribution in [1.29, 1.82) is 0 Å². The average molecular weight is 311 g/mol. The van der Waals surface area contributed by atoms with E-state index in [1.807, 2.05) is 11.3 Å². The van der Waals surface area contributed by atoms with Crippen molar-refractivity contribution >= 4 is 11.3 Å². The molecule has 2 rings (SSSR count). The zero-order valence-corrected chi connectivity index (χ0v) is 14.8. The molecule has 1 aliphatic rings. The Morgan fingerprint density at radius 3 is 2.67 bits per heavy atom. The molecule has 1 aromatic heterocycles. The Kier molecular flexibility index (Phi) is 6.23. The molecule has 4 heteroatoms. The van der Waals surface area contributed by atoms with Gasteiger partial charge in [0.15, 0.2) is 0 Å². The number of nitrogens with one attached hydrogen (secondary N) is 1. The lowest BCUT2D eigenvalue weighted by molar-refractivity contribution is 0.102. The van der Waals surface area contributed by atoms with Gasteiger partial charge in [0.05, 0.1) is 6.61 Å². The topological polar surface area (TPSA) is 24.5 Å². The Bertz CT molecular complexity index is 421. The third-order valence-corrected chi connectivity index (χ3v) is 4.67. The maximum absolute atomic E-state index is 5.70.